The van der Waals surface area contributed by atoms with Gasteiger partial charge in [0, 0.05) is 37.4 Å². The van der Waals surface area contributed by atoms with E-state index in [1.165, 1.54) is 35.9 Å². The average molecular weight is 622 g/mol. The van der Waals surface area contributed by atoms with E-state index in [1.54, 1.807) is 0 Å². The van der Waals surface area contributed by atoms with Gasteiger partial charge in [-0.15, -0.1) is 0 Å². The van der Waals surface area contributed by atoms with Crippen LogP contribution in [0.1, 0.15) is 87.9 Å². The molecule has 0 aromatic heterocycles. The molecule has 2 heterocycles. The fraction of sp³-hybridized carbons (Fsp3) is 0.600. The third-order valence-electron chi connectivity index (χ3n) is 9.12. The van der Waals surface area contributed by atoms with Crippen molar-refractivity contribution in [2.45, 2.75) is 83.9 Å². The SMILES string of the molecule is C=C(CCC)CN(CCCC)CCC1CCCN(c2cc(F)c(C3c4ccc(O)cc4CCN3CC(F)(F)F)c(F)c2)CC1. The molecule has 2 aromatic rings. The molecule has 0 aliphatic carbocycles. The van der Waals surface area contributed by atoms with E-state index < -0.39 is 30.4 Å². The number of alkyl halides is 3. The smallest absolute Gasteiger partial charge is 0.401 e. The lowest BCUT2D eigenvalue weighted by Crippen LogP contribution is -2.42. The van der Waals surface area contributed by atoms with Crippen molar-refractivity contribution in [2.24, 2.45) is 5.92 Å². The lowest BCUT2D eigenvalue weighted by Gasteiger charge is -2.38. The second-order valence-electron chi connectivity index (χ2n) is 12.6. The summed E-state index contributed by atoms with van der Waals surface area (Å²) < 4.78 is 72.2. The fourth-order valence-corrected chi connectivity index (χ4v) is 6.90. The van der Waals surface area contributed by atoms with E-state index in [4.69, 9.17) is 0 Å². The molecule has 2 atom stereocenters. The largest absolute Gasteiger partial charge is 0.508 e. The first-order valence-corrected chi connectivity index (χ1v) is 16.2. The molecule has 4 rings (SSSR count). The fourth-order valence-electron chi connectivity index (χ4n) is 6.90. The quantitative estimate of drug-likeness (QED) is 0.179. The minimum Gasteiger partial charge on any atom is -0.508 e. The number of fused-ring (bicyclic) bond motifs is 1. The van der Waals surface area contributed by atoms with Crippen LogP contribution >= 0.6 is 0 Å². The van der Waals surface area contributed by atoms with Gasteiger partial charge in [-0.25, -0.2) is 8.78 Å². The summed E-state index contributed by atoms with van der Waals surface area (Å²) in [6, 6.07) is 5.62. The van der Waals surface area contributed by atoms with Crippen LogP contribution in [0.5, 0.6) is 5.75 Å². The number of unbranched alkanes of at least 4 members (excludes halogenated alkanes) is 1. The van der Waals surface area contributed by atoms with Crippen molar-refractivity contribution in [1.82, 2.24) is 9.80 Å². The molecule has 1 saturated heterocycles. The zero-order valence-corrected chi connectivity index (χ0v) is 26.2. The number of phenolic OH excluding ortho intramolecular Hbond substituents is 1. The van der Waals surface area contributed by atoms with E-state index in [-0.39, 0.29) is 24.3 Å². The highest BCUT2D eigenvalue weighted by molar-refractivity contribution is 5.52. The van der Waals surface area contributed by atoms with Crippen molar-refractivity contribution in [1.29, 1.82) is 0 Å². The molecule has 2 aliphatic heterocycles. The molecule has 2 unspecified atom stereocenters. The summed E-state index contributed by atoms with van der Waals surface area (Å²) in [6.45, 7) is 11.7. The molecule has 44 heavy (non-hydrogen) atoms. The van der Waals surface area contributed by atoms with Gasteiger partial charge in [0.05, 0.1) is 12.6 Å². The van der Waals surface area contributed by atoms with Crippen LogP contribution in [0.25, 0.3) is 0 Å². The summed E-state index contributed by atoms with van der Waals surface area (Å²) in [6.07, 6.45) is 4.13. The number of anilines is 1. The molecule has 1 N–H and O–H groups in total. The van der Waals surface area contributed by atoms with Crippen molar-refractivity contribution in [2.75, 3.05) is 50.7 Å². The number of phenols is 1. The van der Waals surface area contributed by atoms with Gasteiger partial charge in [0.1, 0.15) is 17.4 Å². The van der Waals surface area contributed by atoms with E-state index >= 15 is 8.78 Å². The molecule has 9 heteroatoms. The van der Waals surface area contributed by atoms with Gasteiger partial charge >= 0.3 is 6.18 Å². The van der Waals surface area contributed by atoms with Gasteiger partial charge in [0.25, 0.3) is 0 Å². The second kappa shape index (κ2) is 15.6. The van der Waals surface area contributed by atoms with Crippen LogP contribution in [-0.4, -0.2) is 66.9 Å². The van der Waals surface area contributed by atoms with Gasteiger partial charge in [-0.2, -0.15) is 13.2 Å². The highest BCUT2D eigenvalue weighted by atomic mass is 19.4. The number of hydrogen-bond acceptors (Lipinski definition) is 4. The van der Waals surface area contributed by atoms with Crippen LogP contribution in [0.3, 0.4) is 0 Å². The molecular formula is C35H48F5N3O. The maximum Gasteiger partial charge on any atom is 0.401 e. The predicted octanol–water partition coefficient (Wildman–Crippen LogP) is 8.64. The predicted molar refractivity (Wildman–Crippen MR) is 167 cm³/mol. The van der Waals surface area contributed by atoms with Crippen LogP contribution in [0.2, 0.25) is 0 Å². The second-order valence-corrected chi connectivity index (χ2v) is 12.6. The summed E-state index contributed by atoms with van der Waals surface area (Å²) in [5.74, 6) is -1.21. The molecule has 0 saturated carbocycles. The molecule has 4 nitrogen and oxygen atoms in total. The summed E-state index contributed by atoms with van der Waals surface area (Å²) in [5, 5.41) is 9.92. The Balaban J connectivity index is 1.48. The zero-order valence-electron chi connectivity index (χ0n) is 26.2. The van der Waals surface area contributed by atoms with Gasteiger partial charge < -0.3 is 10.0 Å². The van der Waals surface area contributed by atoms with Crippen LogP contribution < -0.4 is 4.90 Å². The van der Waals surface area contributed by atoms with Gasteiger partial charge in [-0.3, -0.25) is 9.80 Å². The first kappa shape index (κ1) is 34.2. The maximum absolute atomic E-state index is 15.8. The highest BCUT2D eigenvalue weighted by Gasteiger charge is 2.40. The Kier molecular flexibility index (Phi) is 12.1. The highest BCUT2D eigenvalue weighted by Crippen LogP contribution is 2.41. The minimum atomic E-state index is -4.53. The topological polar surface area (TPSA) is 30.0 Å². The third kappa shape index (κ3) is 9.19. The molecule has 1 fully saturated rings. The summed E-state index contributed by atoms with van der Waals surface area (Å²) in [5.41, 5.74) is 2.30. The monoisotopic (exact) mass is 621 g/mol. The van der Waals surface area contributed by atoms with E-state index in [9.17, 15) is 18.3 Å². The van der Waals surface area contributed by atoms with Crippen molar-refractivity contribution in [3.8, 4) is 5.75 Å². The molecule has 0 amide bonds. The van der Waals surface area contributed by atoms with Crippen molar-refractivity contribution >= 4 is 5.69 Å². The average Bonchev–Trinajstić information content (AvgIpc) is 3.20. The lowest BCUT2D eigenvalue weighted by atomic mass is 9.87. The van der Waals surface area contributed by atoms with Gasteiger partial charge in [-0.1, -0.05) is 44.9 Å². The lowest BCUT2D eigenvalue weighted by molar-refractivity contribution is -0.150. The van der Waals surface area contributed by atoms with E-state index in [1.807, 2.05) is 4.90 Å². The van der Waals surface area contributed by atoms with E-state index in [0.29, 0.717) is 35.8 Å². The molecule has 0 radical (unpaired) electrons. The van der Waals surface area contributed by atoms with Gasteiger partial charge in [0.15, 0.2) is 0 Å². The van der Waals surface area contributed by atoms with Gasteiger partial charge in [0.2, 0.25) is 0 Å². The summed E-state index contributed by atoms with van der Waals surface area (Å²) >= 11 is 0. The van der Waals surface area contributed by atoms with Crippen LogP contribution in [0, 0.1) is 17.6 Å². The van der Waals surface area contributed by atoms with Gasteiger partial charge in [-0.05, 0) is 99.3 Å². The first-order valence-electron chi connectivity index (χ1n) is 16.2. The Morgan fingerprint density at radius 1 is 1.00 bits per heavy atom. The molecule has 0 bridgehead atoms. The first-order chi connectivity index (χ1) is 21.0. The summed E-state index contributed by atoms with van der Waals surface area (Å²) in [4.78, 5) is 5.60. The Bertz CT molecular complexity index is 1230. The van der Waals surface area contributed by atoms with Crippen LogP contribution in [0.4, 0.5) is 27.6 Å². The standard InChI is InChI=1S/C35H48F5N3O/c1-4-6-15-41(23-25(3)8-5-2)17-12-26-9-7-16-42(18-13-26)28-21-31(36)33(32(37)22-28)34-30-11-10-29(44)20-27(30)14-19-43(34)24-35(38,39)40/h10-11,20-22,26,34,44H,3-9,12-19,23-24H2,1-2H3. The van der Waals surface area contributed by atoms with Crippen LogP contribution in [0.15, 0.2) is 42.5 Å². The van der Waals surface area contributed by atoms with E-state index in [2.05, 4.69) is 25.3 Å². The minimum absolute atomic E-state index is 0.0295. The Hall–Kier alpha value is -2.65. The van der Waals surface area contributed by atoms with Crippen molar-refractivity contribution in [3.63, 3.8) is 0 Å². The molecular weight excluding hydrogens is 573 g/mol. The maximum atomic E-state index is 15.8. The summed E-state index contributed by atoms with van der Waals surface area (Å²) in [7, 11) is 0. The zero-order chi connectivity index (χ0) is 31.9. The molecule has 244 valence electrons. The van der Waals surface area contributed by atoms with E-state index in [0.717, 1.165) is 75.9 Å². The molecule has 0 spiro atoms. The Morgan fingerprint density at radius 2 is 1.75 bits per heavy atom. The number of hydrogen-bond donors (Lipinski definition) is 1. The number of nitrogens with zero attached hydrogens (tertiary/aromatic N) is 3. The Labute approximate surface area is 259 Å². The number of benzene rings is 2. The number of halogens is 5. The molecule has 2 aromatic carbocycles. The van der Waals surface area contributed by atoms with Crippen LogP contribution in [-0.2, 0) is 6.42 Å². The van der Waals surface area contributed by atoms with Crippen molar-refractivity contribution in [3.05, 3.63) is 70.8 Å². The number of rotatable bonds is 13. The normalized spacial score (nSPS) is 19.7. The third-order valence-corrected chi connectivity index (χ3v) is 9.12. The van der Waals surface area contributed by atoms with Crippen molar-refractivity contribution < 1.29 is 27.1 Å². The number of aromatic hydroxyl groups is 1. The Morgan fingerprint density at radius 3 is 2.43 bits per heavy atom. The molecule has 2 aliphatic rings.